The minimum absolute atomic E-state index is 0.397. The molecule has 2 rings (SSSR count). The third kappa shape index (κ3) is 2.20. The summed E-state index contributed by atoms with van der Waals surface area (Å²) in [5.74, 6) is 0.478. The fourth-order valence-electron chi connectivity index (χ4n) is 1.56. The van der Waals surface area contributed by atoms with Crippen LogP contribution in [0, 0.1) is 6.92 Å². The van der Waals surface area contributed by atoms with Crippen molar-refractivity contribution in [3.63, 3.8) is 0 Å². The quantitative estimate of drug-likeness (QED) is 0.613. The molecule has 1 aromatic heterocycles. The first kappa shape index (κ1) is 12.2. The SMILES string of the molecule is COc1ccccc1OC(=O)c1cnn(C)c1C. The molecule has 18 heavy (non-hydrogen) atoms. The van der Waals surface area contributed by atoms with Crippen LogP contribution in [0.2, 0.25) is 0 Å². The summed E-state index contributed by atoms with van der Waals surface area (Å²) in [6.45, 7) is 1.81. The molecule has 94 valence electrons. The first-order chi connectivity index (χ1) is 8.63. The van der Waals surface area contributed by atoms with Gasteiger partial charge in [-0.15, -0.1) is 0 Å². The second kappa shape index (κ2) is 4.91. The predicted molar refractivity (Wildman–Crippen MR) is 65.9 cm³/mol. The molecule has 0 bridgehead atoms. The maximum Gasteiger partial charge on any atom is 0.347 e. The van der Waals surface area contributed by atoms with E-state index in [1.807, 2.05) is 13.0 Å². The van der Waals surface area contributed by atoms with Crippen molar-refractivity contribution in [2.24, 2.45) is 7.05 Å². The number of para-hydroxylation sites is 2. The summed E-state index contributed by atoms with van der Waals surface area (Å²) < 4.78 is 12.0. The number of benzene rings is 1. The molecule has 0 unspecified atom stereocenters. The summed E-state index contributed by atoms with van der Waals surface area (Å²) in [6.07, 6.45) is 1.49. The van der Waals surface area contributed by atoms with Crippen molar-refractivity contribution in [1.29, 1.82) is 0 Å². The summed E-state index contributed by atoms with van der Waals surface area (Å²) in [5, 5.41) is 4.01. The topological polar surface area (TPSA) is 53.4 Å². The van der Waals surface area contributed by atoms with Gasteiger partial charge in [0, 0.05) is 12.7 Å². The molecule has 0 atom stereocenters. The highest BCUT2D eigenvalue weighted by Gasteiger charge is 2.16. The Labute approximate surface area is 105 Å². The van der Waals surface area contributed by atoms with Crippen molar-refractivity contribution in [3.05, 3.63) is 41.7 Å². The van der Waals surface area contributed by atoms with Crippen LogP contribution in [-0.4, -0.2) is 22.9 Å². The van der Waals surface area contributed by atoms with Gasteiger partial charge >= 0.3 is 5.97 Å². The highest BCUT2D eigenvalue weighted by molar-refractivity contribution is 5.92. The fraction of sp³-hybridized carbons (Fsp3) is 0.231. The van der Waals surface area contributed by atoms with E-state index in [0.717, 1.165) is 5.69 Å². The van der Waals surface area contributed by atoms with Gasteiger partial charge in [-0.25, -0.2) is 4.79 Å². The van der Waals surface area contributed by atoms with E-state index in [1.165, 1.54) is 13.3 Å². The number of carbonyl (C=O) groups excluding carboxylic acids is 1. The lowest BCUT2D eigenvalue weighted by atomic mass is 10.2. The molecular formula is C13H14N2O3. The predicted octanol–water partition coefficient (Wildman–Crippen LogP) is 1.96. The molecular weight excluding hydrogens is 232 g/mol. The van der Waals surface area contributed by atoms with Gasteiger partial charge < -0.3 is 9.47 Å². The van der Waals surface area contributed by atoms with Crippen LogP contribution in [0.3, 0.4) is 0 Å². The second-order valence-corrected chi connectivity index (χ2v) is 3.81. The maximum atomic E-state index is 12.0. The molecule has 0 aliphatic rings. The molecule has 1 aromatic carbocycles. The molecule has 5 heteroatoms. The zero-order valence-electron chi connectivity index (χ0n) is 10.5. The van der Waals surface area contributed by atoms with E-state index in [1.54, 1.807) is 29.9 Å². The average molecular weight is 246 g/mol. The standard InChI is InChI=1S/C13H14N2O3/c1-9-10(8-14-15(9)2)13(16)18-12-7-5-4-6-11(12)17-3/h4-8H,1-3H3. The van der Waals surface area contributed by atoms with Crippen molar-refractivity contribution in [3.8, 4) is 11.5 Å². The number of esters is 1. The minimum Gasteiger partial charge on any atom is -0.493 e. The molecule has 2 aromatic rings. The number of aromatic nitrogens is 2. The number of carbonyl (C=O) groups is 1. The lowest BCUT2D eigenvalue weighted by Gasteiger charge is -2.08. The van der Waals surface area contributed by atoms with Gasteiger partial charge in [-0.2, -0.15) is 5.10 Å². The van der Waals surface area contributed by atoms with E-state index < -0.39 is 5.97 Å². The first-order valence-electron chi connectivity index (χ1n) is 5.47. The van der Waals surface area contributed by atoms with Crippen LogP contribution in [0.4, 0.5) is 0 Å². The Balaban J connectivity index is 2.24. The zero-order chi connectivity index (χ0) is 13.1. The van der Waals surface area contributed by atoms with Gasteiger partial charge in [-0.05, 0) is 19.1 Å². The van der Waals surface area contributed by atoms with Gasteiger partial charge in [0.2, 0.25) is 0 Å². The number of rotatable bonds is 3. The van der Waals surface area contributed by atoms with E-state index in [4.69, 9.17) is 9.47 Å². The molecule has 0 N–H and O–H groups in total. The zero-order valence-corrected chi connectivity index (χ0v) is 10.5. The molecule has 0 fully saturated rings. The van der Waals surface area contributed by atoms with E-state index in [0.29, 0.717) is 17.1 Å². The molecule has 0 radical (unpaired) electrons. The summed E-state index contributed by atoms with van der Waals surface area (Å²) in [7, 11) is 3.30. The Kier molecular flexibility index (Phi) is 3.32. The fourth-order valence-corrected chi connectivity index (χ4v) is 1.56. The van der Waals surface area contributed by atoms with E-state index in [-0.39, 0.29) is 0 Å². The van der Waals surface area contributed by atoms with E-state index in [9.17, 15) is 4.79 Å². The van der Waals surface area contributed by atoms with Gasteiger partial charge in [0.15, 0.2) is 11.5 Å². The van der Waals surface area contributed by atoms with Gasteiger partial charge in [0.1, 0.15) is 5.56 Å². The van der Waals surface area contributed by atoms with Crippen molar-refractivity contribution >= 4 is 5.97 Å². The highest BCUT2D eigenvalue weighted by Crippen LogP contribution is 2.26. The summed E-state index contributed by atoms with van der Waals surface area (Å²) in [6, 6.07) is 7.01. The van der Waals surface area contributed by atoms with E-state index >= 15 is 0 Å². The van der Waals surface area contributed by atoms with Gasteiger partial charge in [-0.1, -0.05) is 12.1 Å². The van der Waals surface area contributed by atoms with Crippen LogP contribution >= 0.6 is 0 Å². The van der Waals surface area contributed by atoms with Crippen LogP contribution in [0.25, 0.3) is 0 Å². The second-order valence-electron chi connectivity index (χ2n) is 3.81. The molecule has 1 heterocycles. The van der Waals surface area contributed by atoms with Crippen LogP contribution < -0.4 is 9.47 Å². The lowest BCUT2D eigenvalue weighted by molar-refractivity contribution is 0.0729. The molecule has 0 saturated heterocycles. The average Bonchev–Trinajstić information content (AvgIpc) is 2.71. The van der Waals surface area contributed by atoms with Gasteiger partial charge in [0.25, 0.3) is 0 Å². The summed E-state index contributed by atoms with van der Waals surface area (Å²) >= 11 is 0. The lowest BCUT2D eigenvalue weighted by Crippen LogP contribution is -2.10. The normalized spacial score (nSPS) is 10.2. The summed E-state index contributed by atoms with van der Waals surface area (Å²) in [4.78, 5) is 12.0. The molecule has 5 nitrogen and oxygen atoms in total. The molecule has 0 spiro atoms. The van der Waals surface area contributed by atoms with Gasteiger partial charge in [0.05, 0.1) is 13.3 Å². The number of ether oxygens (including phenoxy) is 2. The molecule has 0 amide bonds. The molecule has 0 aliphatic heterocycles. The number of hydrogen-bond donors (Lipinski definition) is 0. The largest absolute Gasteiger partial charge is 0.493 e. The van der Waals surface area contributed by atoms with Crippen molar-refractivity contribution in [2.75, 3.05) is 7.11 Å². The van der Waals surface area contributed by atoms with Gasteiger partial charge in [-0.3, -0.25) is 4.68 Å². The Bertz CT molecular complexity index is 575. The van der Waals surface area contributed by atoms with Crippen LogP contribution in [0.5, 0.6) is 11.5 Å². The third-order valence-electron chi connectivity index (χ3n) is 2.73. The Morgan fingerprint density at radius 2 is 1.94 bits per heavy atom. The monoisotopic (exact) mass is 246 g/mol. The Morgan fingerprint density at radius 3 is 2.50 bits per heavy atom. The molecule has 0 saturated carbocycles. The van der Waals surface area contributed by atoms with Crippen molar-refractivity contribution in [1.82, 2.24) is 9.78 Å². The van der Waals surface area contributed by atoms with Crippen molar-refractivity contribution < 1.29 is 14.3 Å². The van der Waals surface area contributed by atoms with Crippen LogP contribution in [0.15, 0.2) is 30.5 Å². The number of nitrogens with zero attached hydrogens (tertiary/aromatic N) is 2. The first-order valence-corrected chi connectivity index (χ1v) is 5.47. The number of hydrogen-bond acceptors (Lipinski definition) is 4. The summed E-state index contributed by atoms with van der Waals surface area (Å²) in [5.41, 5.74) is 1.21. The number of aryl methyl sites for hydroxylation is 1. The Hall–Kier alpha value is -2.30. The number of methoxy groups -OCH3 is 1. The highest BCUT2D eigenvalue weighted by atomic mass is 16.6. The smallest absolute Gasteiger partial charge is 0.347 e. The van der Waals surface area contributed by atoms with Crippen LogP contribution in [0.1, 0.15) is 16.1 Å². The van der Waals surface area contributed by atoms with E-state index in [2.05, 4.69) is 5.10 Å². The maximum absolute atomic E-state index is 12.0. The van der Waals surface area contributed by atoms with Crippen LogP contribution in [-0.2, 0) is 7.05 Å². The minimum atomic E-state index is -0.440. The third-order valence-corrected chi connectivity index (χ3v) is 2.73. The van der Waals surface area contributed by atoms with Crippen molar-refractivity contribution in [2.45, 2.75) is 6.92 Å². The Morgan fingerprint density at radius 1 is 1.28 bits per heavy atom. The molecule has 0 aliphatic carbocycles.